The predicted molar refractivity (Wildman–Crippen MR) is 33.0 cm³/mol. The lowest BCUT2D eigenvalue weighted by Gasteiger charge is -2.25. The molecule has 0 radical (unpaired) electrons. The molecule has 1 heterocycles. The maximum atomic E-state index is 5.38. The van der Waals surface area contributed by atoms with Crippen molar-refractivity contribution in [3.05, 3.63) is 0 Å². The van der Waals surface area contributed by atoms with Gasteiger partial charge in [-0.3, -0.25) is 0 Å². The summed E-state index contributed by atoms with van der Waals surface area (Å²) in [6.45, 7) is 1.46. The topological polar surface area (TPSA) is 18.5 Å². The Hall–Kier alpha value is -0.0800. The number of hydrogen-bond acceptors (Lipinski definition) is 2. The van der Waals surface area contributed by atoms with E-state index in [0.29, 0.717) is 12.9 Å². The molecule has 52 valence electrons. The highest BCUT2D eigenvalue weighted by atomic mass is 16.7. The zero-order chi connectivity index (χ0) is 6.10. The summed E-state index contributed by atoms with van der Waals surface area (Å²) in [7, 11) is 0. The highest BCUT2D eigenvalue weighted by molar-refractivity contribution is 4.78. The molecule has 2 fully saturated rings. The second-order valence-electron chi connectivity index (χ2n) is 2.88. The number of rotatable bonds is 0. The van der Waals surface area contributed by atoms with Crippen LogP contribution in [0.5, 0.6) is 0 Å². The van der Waals surface area contributed by atoms with E-state index in [9.17, 15) is 0 Å². The van der Waals surface area contributed by atoms with Gasteiger partial charge in [-0.25, -0.2) is 0 Å². The number of fused-ring (bicyclic) bond motifs is 1. The first-order chi connectivity index (χ1) is 4.47. The molecule has 2 nitrogen and oxygen atoms in total. The summed E-state index contributed by atoms with van der Waals surface area (Å²) in [4.78, 5) is 0. The van der Waals surface area contributed by atoms with Crippen molar-refractivity contribution in [3.63, 3.8) is 0 Å². The van der Waals surface area contributed by atoms with Gasteiger partial charge in [0.25, 0.3) is 0 Å². The number of ether oxygens (including phenoxy) is 2. The first kappa shape index (κ1) is 5.69. The second-order valence-corrected chi connectivity index (χ2v) is 2.88. The van der Waals surface area contributed by atoms with Crippen LogP contribution in [0.1, 0.15) is 19.3 Å². The van der Waals surface area contributed by atoms with Gasteiger partial charge in [0.2, 0.25) is 0 Å². The highest BCUT2D eigenvalue weighted by Crippen LogP contribution is 2.30. The molecular formula is C7H12O2. The summed E-state index contributed by atoms with van der Waals surface area (Å²) < 4.78 is 10.5. The lowest BCUT2D eigenvalue weighted by molar-refractivity contribution is -0.159. The molecule has 0 N–H and O–H groups in total. The van der Waals surface area contributed by atoms with Crippen LogP contribution in [0, 0.1) is 5.92 Å². The van der Waals surface area contributed by atoms with Crippen molar-refractivity contribution < 1.29 is 9.47 Å². The van der Waals surface area contributed by atoms with Crippen molar-refractivity contribution in [2.75, 3.05) is 13.4 Å². The fraction of sp³-hybridized carbons (Fsp3) is 1.00. The van der Waals surface area contributed by atoms with Gasteiger partial charge in [-0.15, -0.1) is 0 Å². The van der Waals surface area contributed by atoms with E-state index in [1.807, 2.05) is 0 Å². The Balaban J connectivity index is 1.97. The molecule has 1 aliphatic heterocycles. The van der Waals surface area contributed by atoms with Crippen molar-refractivity contribution in [2.24, 2.45) is 5.92 Å². The maximum Gasteiger partial charge on any atom is 0.147 e. The smallest absolute Gasteiger partial charge is 0.147 e. The Kier molecular flexibility index (Phi) is 1.44. The van der Waals surface area contributed by atoms with Gasteiger partial charge in [0.05, 0.1) is 12.7 Å². The fourth-order valence-corrected chi connectivity index (χ4v) is 1.75. The number of hydrogen-bond donors (Lipinski definition) is 0. The molecule has 0 aromatic carbocycles. The third-order valence-electron chi connectivity index (χ3n) is 2.29. The Morgan fingerprint density at radius 2 is 2.22 bits per heavy atom. The normalized spacial score (nSPS) is 42.7. The van der Waals surface area contributed by atoms with E-state index in [1.54, 1.807) is 0 Å². The minimum Gasteiger partial charge on any atom is -0.355 e. The second kappa shape index (κ2) is 2.27. The van der Waals surface area contributed by atoms with E-state index in [0.717, 1.165) is 12.5 Å². The fourth-order valence-electron chi connectivity index (χ4n) is 1.75. The van der Waals surface area contributed by atoms with Crippen molar-refractivity contribution in [1.82, 2.24) is 0 Å². The predicted octanol–water partition coefficient (Wildman–Crippen LogP) is 1.16. The standard InChI is InChI=1S/C7H12O2/c1-2-6-4-8-5-9-7(6)3-1/h6-7H,1-5H2. The highest BCUT2D eigenvalue weighted by Gasteiger charge is 2.30. The third kappa shape index (κ3) is 0.970. The van der Waals surface area contributed by atoms with Gasteiger partial charge in [-0.2, -0.15) is 0 Å². The first-order valence-electron chi connectivity index (χ1n) is 3.66. The van der Waals surface area contributed by atoms with Crippen LogP contribution in [0.2, 0.25) is 0 Å². The van der Waals surface area contributed by atoms with Crippen LogP contribution in [0.3, 0.4) is 0 Å². The van der Waals surface area contributed by atoms with Crippen molar-refractivity contribution >= 4 is 0 Å². The molecule has 2 aliphatic rings. The van der Waals surface area contributed by atoms with Crippen LogP contribution in [-0.2, 0) is 9.47 Å². The molecule has 9 heavy (non-hydrogen) atoms. The molecule has 1 saturated heterocycles. The summed E-state index contributed by atoms with van der Waals surface area (Å²) in [5, 5.41) is 0. The Morgan fingerprint density at radius 3 is 3.11 bits per heavy atom. The van der Waals surface area contributed by atoms with Gasteiger partial charge in [-0.05, 0) is 12.8 Å². The maximum absolute atomic E-state index is 5.38. The Labute approximate surface area is 55.1 Å². The average Bonchev–Trinajstić information content (AvgIpc) is 2.33. The summed E-state index contributed by atoms with van der Waals surface area (Å²) >= 11 is 0. The van der Waals surface area contributed by atoms with Crippen LogP contribution >= 0.6 is 0 Å². The molecular weight excluding hydrogens is 116 g/mol. The Bertz CT molecular complexity index is 91.1. The van der Waals surface area contributed by atoms with Crippen molar-refractivity contribution in [2.45, 2.75) is 25.4 Å². The summed E-state index contributed by atoms with van der Waals surface area (Å²) in [5.41, 5.74) is 0. The van der Waals surface area contributed by atoms with E-state index in [1.165, 1.54) is 19.3 Å². The van der Waals surface area contributed by atoms with Gasteiger partial charge >= 0.3 is 0 Å². The zero-order valence-corrected chi connectivity index (χ0v) is 5.51. The lowest BCUT2D eigenvalue weighted by Crippen LogP contribution is -2.29. The van der Waals surface area contributed by atoms with Crippen LogP contribution < -0.4 is 0 Å². The molecule has 0 amide bonds. The summed E-state index contributed by atoms with van der Waals surface area (Å²) in [6.07, 6.45) is 4.44. The van der Waals surface area contributed by atoms with Crippen molar-refractivity contribution in [1.29, 1.82) is 0 Å². The van der Waals surface area contributed by atoms with Crippen LogP contribution in [-0.4, -0.2) is 19.5 Å². The Morgan fingerprint density at radius 1 is 1.22 bits per heavy atom. The van der Waals surface area contributed by atoms with Gasteiger partial charge in [-0.1, -0.05) is 6.42 Å². The molecule has 2 atom stereocenters. The van der Waals surface area contributed by atoms with Gasteiger partial charge in [0.15, 0.2) is 0 Å². The summed E-state index contributed by atoms with van der Waals surface area (Å²) in [5.74, 6) is 0.721. The van der Waals surface area contributed by atoms with Crippen LogP contribution in [0.15, 0.2) is 0 Å². The quantitative estimate of drug-likeness (QED) is 0.487. The van der Waals surface area contributed by atoms with Gasteiger partial charge in [0.1, 0.15) is 6.79 Å². The van der Waals surface area contributed by atoms with Crippen LogP contribution in [0.4, 0.5) is 0 Å². The molecule has 0 bridgehead atoms. The minimum atomic E-state index is 0.529. The van der Waals surface area contributed by atoms with E-state index < -0.39 is 0 Å². The lowest BCUT2D eigenvalue weighted by atomic mass is 10.1. The zero-order valence-electron chi connectivity index (χ0n) is 5.51. The molecule has 0 aromatic rings. The van der Waals surface area contributed by atoms with E-state index >= 15 is 0 Å². The third-order valence-corrected chi connectivity index (χ3v) is 2.29. The molecule has 2 heteroatoms. The molecule has 2 unspecified atom stereocenters. The molecule has 2 rings (SSSR count). The van der Waals surface area contributed by atoms with Gasteiger partial charge in [0, 0.05) is 5.92 Å². The monoisotopic (exact) mass is 128 g/mol. The van der Waals surface area contributed by atoms with Crippen molar-refractivity contribution in [3.8, 4) is 0 Å². The molecule has 0 spiro atoms. The average molecular weight is 128 g/mol. The molecule has 0 aromatic heterocycles. The van der Waals surface area contributed by atoms with E-state index in [4.69, 9.17) is 9.47 Å². The van der Waals surface area contributed by atoms with Gasteiger partial charge < -0.3 is 9.47 Å². The van der Waals surface area contributed by atoms with E-state index in [-0.39, 0.29) is 0 Å². The molecule has 1 aliphatic carbocycles. The largest absolute Gasteiger partial charge is 0.355 e. The minimum absolute atomic E-state index is 0.529. The van der Waals surface area contributed by atoms with E-state index in [2.05, 4.69) is 0 Å². The SMILES string of the molecule is C1CC2COCOC2C1. The molecule has 1 saturated carbocycles. The summed E-state index contributed by atoms with van der Waals surface area (Å²) in [6, 6.07) is 0. The first-order valence-corrected chi connectivity index (χ1v) is 3.66. The van der Waals surface area contributed by atoms with Crippen LogP contribution in [0.25, 0.3) is 0 Å².